The Balaban J connectivity index is 1.45. The molecule has 4 heterocycles. The highest BCUT2D eigenvalue weighted by Crippen LogP contribution is 2.41. The number of pyridine rings is 1. The maximum atomic E-state index is 14.0. The predicted molar refractivity (Wildman–Crippen MR) is 153 cm³/mol. The van der Waals surface area contributed by atoms with Gasteiger partial charge in [-0.1, -0.05) is 24.3 Å². The monoisotopic (exact) mass is 571 g/mol. The van der Waals surface area contributed by atoms with Gasteiger partial charge in [0.25, 0.3) is 5.91 Å². The maximum absolute atomic E-state index is 14.0. The molecule has 0 unspecified atom stereocenters. The number of fused-ring (bicyclic) bond motifs is 3. The number of aromatic nitrogens is 3. The average Bonchev–Trinajstić information content (AvgIpc) is 3.47. The molecule has 1 amide bonds. The number of anilines is 3. The number of hydrogen-bond acceptors (Lipinski definition) is 8. The fraction of sp³-hybridized carbons (Fsp3) is 0.167. The highest BCUT2D eigenvalue weighted by atomic mass is 19.4. The van der Waals surface area contributed by atoms with E-state index in [0.29, 0.717) is 47.4 Å². The standard InChI is InChI=1S/C30H24F3N7O2/c1-16-5-6-18(24-23(30(31,32)33)7-8-35-25(24)26(34)42)12-21(16)22-13-19-14-37-29(38-20-4-2-3-17(11-20)15-41)39-27(19)40-10-9-36-28(22)40/h2-8,11-14,41H,9-10,15H2,1H3,(H2,34,42)(H,37,38,39). The van der Waals surface area contributed by atoms with Crippen LogP contribution in [0.3, 0.4) is 0 Å². The lowest BCUT2D eigenvalue weighted by molar-refractivity contribution is -0.137. The number of carbonyl (C=O) groups is 1. The van der Waals surface area contributed by atoms with Crippen molar-refractivity contribution in [3.63, 3.8) is 0 Å². The van der Waals surface area contributed by atoms with Crippen LogP contribution in [0.5, 0.6) is 0 Å². The Morgan fingerprint density at radius 3 is 2.74 bits per heavy atom. The molecule has 0 bridgehead atoms. The lowest BCUT2D eigenvalue weighted by Gasteiger charge is -2.28. The molecule has 2 aromatic heterocycles. The molecule has 12 heteroatoms. The highest BCUT2D eigenvalue weighted by molar-refractivity contribution is 6.36. The quantitative estimate of drug-likeness (QED) is 0.298. The van der Waals surface area contributed by atoms with Gasteiger partial charge in [-0.3, -0.25) is 14.8 Å². The van der Waals surface area contributed by atoms with Crippen molar-refractivity contribution in [2.75, 3.05) is 23.3 Å². The van der Waals surface area contributed by atoms with E-state index in [1.807, 2.05) is 36.1 Å². The lowest BCUT2D eigenvalue weighted by Crippen LogP contribution is -2.32. The maximum Gasteiger partial charge on any atom is 0.417 e. The van der Waals surface area contributed by atoms with Crippen LogP contribution >= 0.6 is 0 Å². The zero-order valence-corrected chi connectivity index (χ0v) is 22.3. The number of halogens is 3. The minimum atomic E-state index is -4.73. The number of alkyl halides is 3. The summed E-state index contributed by atoms with van der Waals surface area (Å²) in [7, 11) is 0. The Bertz CT molecular complexity index is 1800. The molecule has 6 rings (SSSR count). The summed E-state index contributed by atoms with van der Waals surface area (Å²) in [6.07, 6.45) is -0.269. The Morgan fingerprint density at radius 2 is 1.98 bits per heavy atom. The van der Waals surface area contributed by atoms with Crippen molar-refractivity contribution in [2.24, 2.45) is 10.7 Å². The van der Waals surface area contributed by atoms with Gasteiger partial charge in [0, 0.05) is 41.3 Å². The molecular formula is C30H24F3N7O2. The number of nitrogens with zero attached hydrogens (tertiary/aromatic N) is 5. The Kier molecular flexibility index (Phi) is 6.70. The van der Waals surface area contributed by atoms with Crippen molar-refractivity contribution in [1.29, 1.82) is 0 Å². The van der Waals surface area contributed by atoms with Gasteiger partial charge in [0.15, 0.2) is 0 Å². The number of primary amides is 1. The molecule has 0 saturated heterocycles. The number of hydrogen-bond donors (Lipinski definition) is 3. The molecule has 2 aromatic carbocycles. The first-order valence-electron chi connectivity index (χ1n) is 13.0. The summed E-state index contributed by atoms with van der Waals surface area (Å²) in [6.45, 7) is 2.82. The zero-order valence-electron chi connectivity index (χ0n) is 22.3. The van der Waals surface area contributed by atoms with Crippen molar-refractivity contribution in [3.05, 3.63) is 94.4 Å². The molecule has 2 aliphatic heterocycles. The van der Waals surface area contributed by atoms with Gasteiger partial charge < -0.3 is 21.1 Å². The molecule has 0 saturated carbocycles. The summed E-state index contributed by atoms with van der Waals surface area (Å²) in [6, 6.07) is 12.9. The molecule has 4 aromatic rings. The van der Waals surface area contributed by atoms with Crippen LogP contribution in [0.2, 0.25) is 0 Å². The van der Waals surface area contributed by atoms with Crippen LogP contribution in [0.15, 0.2) is 65.9 Å². The average molecular weight is 572 g/mol. The van der Waals surface area contributed by atoms with E-state index in [4.69, 9.17) is 15.7 Å². The van der Waals surface area contributed by atoms with Crippen LogP contribution in [0.4, 0.5) is 30.6 Å². The van der Waals surface area contributed by atoms with Crippen LogP contribution in [-0.2, 0) is 12.8 Å². The van der Waals surface area contributed by atoms with E-state index < -0.39 is 23.3 Å². The number of aliphatic imine (C=N–C) groups is 1. The van der Waals surface area contributed by atoms with Crippen molar-refractivity contribution in [3.8, 4) is 11.1 Å². The van der Waals surface area contributed by atoms with Crippen LogP contribution in [-0.4, -0.2) is 44.9 Å². The third-order valence-electron chi connectivity index (χ3n) is 7.11. The van der Waals surface area contributed by atoms with E-state index in [1.165, 1.54) is 6.07 Å². The molecule has 2 aliphatic rings. The van der Waals surface area contributed by atoms with E-state index in [0.717, 1.165) is 29.1 Å². The number of amidine groups is 1. The Morgan fingerprint density at radius 1 is 1.14 bits per heavy atom. The number of nitrogens with one attached hydrogen (secondary N) is 1. The van der Waals surface area contributed by atoms with E-state index in [9.17, 15) is 23.1 Å². The van der Waals surface area contributed by atoms with Crippen molar-refractivity contribution in [2.45, 2.75) is 19.7 Å². The first-order chi connectivity index (χ1) is 20.1. The van der Waals surface area contributed by atoms with E-state index in [2.05, 4.69) is 15.3 Å². The summed E-state index contributed by atoms with van der Waals surface area (Å²) in [5, 5.41) is 12.6. The number of amides is 1. The molecule has 212 valence electrons. The molecule has 0 fully saturated rings. The third-order valence-corrected chi connectivity index (χ3v) is 7.11. The normalized spacial score (nSPS) is 14.2. The number of carbonyl (C=O) groups excluding carboxylic acids is 1. The number of aryl methyl sites for hydroxylation is 1. The van der Waals surface area contributed by atoms with Crippen LogP contribution < -0.4 is 16.0 Å². The number of benzene rings is 2. The molecule has 42 heavy (non-hydrogen) atoms. The van der Waals surface area contributed by atoms with Gasteiger partial charge in [0.05, 0.1) is 18.7 Å². The number of nitrogens with two attached hydrogens (primary N) is 1. The smallest absolute Gasteiger partial charge is 0.392 e. The van der Waals surface area contributed by atoms with Gasteiger partial charge in [-0.15, -0.1) is 0 Å². The van der Waals surface area contributed by atoms with Crippen LogP contribution in [0, 0.1) is 6.92 Å². The summed E-state index contributed by atoms with van der Waals surface area (Å²) in [4.78, 5) is 31.8. The van der Waals surface area contributed by atoms with Crippen molar-refractivity contribution >= 4 is 40.8 Å². The first kappa shape index (κ1) is 27.1. The van der Waals surface area contributed by atoms with E-state index in [1.54, 1.807) is 24.4 Å². The molecular weight excluding hydrogens is 547 g/mol. The lowest BCUT2D eigenvalue weighted by atomic mass is 9.90. The van der Waals surface area contributed by atoms with E-state index in [-0.39, 0.29) is 17.7 Å². The van der Waals surface area contributed by atoms with Crippen LogP contribution in [0.25, 0.3) is 22.8 Å². The van der Waals surface area contributed by atoms with Crippen molar-refractivity contribution in [1.82, 2.24) is 15.0 Å². The number of aliphatic hydroxyl groups excluding tert-OH is 1. The topological polar surface area (TPSA) is 130 Å². The molecule has 0 radical (unpaired) electrons. The summed E-state index contributed by atoms with van der Waals surface area (Å²) >= 11 is 0. The summed E-state index contributed by atoms with van der Waals surface area (Å²) in [5.41, 5.74) is 8.07. The predicted octanol–water partition coefficient (Wildman–Crippen LogP) is 4.97. The second kappa shape index (κ2) is 10.4. The molecule has 0 atom stereocenters. The van der Waals surface area contributed by atoms with Gasteiger partial charge >= 0.3 is 6.18 Å². The van der Waals surface area contributed by atoms with E-state index >= 15 is 0 Å². The van der Waals surface area contributed by atoms with Crippen molar-refractivity contribution < 1.29 is 23.1 Å². The zero-order chi connectivity index (χ0) is 29.6. The Hall–Kier alpha value is -5.10. The largest absolute Gasteiger partial charge is 0.417 e. The number of aliphatic hydroxyl groups is 1. The first-order valence-corrected chi connectivity index (χ1v) is 13.0. The SMILES string of the molecule is Cc1ccc(-c2c(C(F)(F)F)ccnc2C(N)=O)cc1C1=Cc2cnc(Nc3cccc(CO)c3)nc2N2CCN=C12. The van der Waals surface area contributed by atoms with Gasteiger partial charge in [0.2, 0.25) is 5.95 Å². The molecule has 0 aliphatic carbocycles. The van der Waals surface area contributed by atoms with Crippen LogP contribution in [0.1, 0.15) is 38.3 Å². The second-order valence-electron chi connectivity index (χ2n) is 9.84. The summed E-state index contributed by atoms with van der Waals surface area (Å²) < 4.78 is 42.0. The highest BCUT2D eigenvalue weighted by Gasteiger charge is 2.37. The van der Waals surface area contributed by atoms with Gasteiger partial charge in [-0.25, -0.2) is 4.98 Å². The second-order valence-corrected chi connectivity index (χ2v) is 9.84. The third kappa shape index (κ3) is 4.85. The Labute approximate surface area is 238 Å². The van der Waals surface area contributed by atoms with Gasteiger partial charge in [-0.05, 0) is 59.5 Å². The van der Waals surface area contributed by atoms with Gasteiger partial charge in [0.1, 0.15) is 17.3 Å². The molecule has 4 N–H and O–H groups in total. The van der Waals surface area contributed by atoms with Gasteiger partial charge in [-0.2, -0.15) is 18.2 Å². The molecule has 0 spiro atoms. The molecule has 9 nitrogen and oxygen atoms in total. The fourth-order valence-electron chi connectivity index (χ4n) is 5.18. The summed E-state index contributed by atoms with van der Waals surface area (Å²) in [5.74, 6) is 0.578. The number of rotatable bonds is 6. The fourth-order valence-corrected chi connectivity index (χ4v) is 5.18. The minimum Gasteiger partial charge on any atom is -0.392 e. The minimum absolute atomic E-state index is 0.0928.